The van der Waals surface area contributed by atoms with E-state index < -0.39 is 58.9 Å². The Balaban J connectivity index is 2.04. The van der Waals surface area contributed by atoms with E-state index in [1.807, 2.05) is 0 Å². The number of benzene rings is 3. The van der Waals surface area contributed by atoms with Gasteiger partial charge < -0.3 is 4.90 Å². The molecule has 0 aromatic heterocycles. The second-order valence-corrected chi connectivity index (χ2v) is 9.22. The molecule has 0 heterocycles. The number of rotatable bonds is 5. The molecule has 0 saturated heterocycles. The third-order valence-electron chi connectivity index (χ3n) is 5.68. The molecule has 0 N–H and O–H groups in total. The van der Waals surface area contributed by atoms with Gasteiger partial charge in [0.15, 0.2) is 0 Å². The molecule has 214 valence electrons. The van der Waals surface area contributed by atoms with Gasteiger partial charge in [0, 0.05) is 29.4 Å². The SMILES string of the molecule is CN(C(=O)c1ccccc1)c1cccc(C(=O)N(I)c2ccc(C(F)(C(F)(F)F)C(F)(F)F)cc2C(F)(F)F)c1. The maximum absolute atomic E-state index is 14.4. The van der Waals surface area contributed by atoms with Crippen LogP contribution in [0.3, 0.4) is 0 Å². The van der Waals surface area contributed by atoms with Gasteiger partial charge in [0.05, 0.1) is 34.1 Å². The topological polar surface area (TPSA) is 40.6 Å². The van der Waals surface area contributed by atoms with Crippen LogP contribution in [0.2, 0.25) is 0 Å². The van der Waals surface area contributed by atoms with E-state index >= 15 is 0 Å². The Hall–Kier alpha value is -3.37. The number of halogens is 11. The Morgan fingerprint density at radius 2 is 1.23 bits per heavy atom. The van der Waals surface area contributed by atoms with Crippen LogP contribution in [0, 0.1) is 0 Å². The number of nitrogens with zero attached hydrogens (tertiary/aromatic N) is 2. The van der Waals surface area contributed by atoms with Gasteiger partial charge in [0.2, 0.25) is 0 Å². The lowest BCUT2D eigenvalue weighted by Gasteiger charge is -2.31. The van der Waals surface area contributed by atoms with Crippen molar-refractivity contribution in [2.45, 2.75) is 24.2 Å². The first kappa shape index (κ1) is 31.2. The lowest BCUT2D eigenvalue weighted by atomic mass is 9.92. The van der Waals surface area contributed by atoms with E-state index in [1.54, 1.807) is 18.2 Å². The fourth-order valence-corrected chi connectivity index (χ4v) is 4.30. The minimum Gasteiger partial charge on any atom is -0.311 e. The lowest BCUT2D eigenvalue weighted by Crippen LogP contribution is -2.50. The van der Waals surface area contributed by atoms with Crippen molar-refractivity contribution in [1.29, 1.82) is 0 Å². The van der Waals surface area contributed by atoms with Crippen LogP contribution in [0.15, 0.2) is 72.8 Å². The highest BCUT2D eigenvalue weighted by Crippen LogP contribution is 2.54. The Kier molecular flexibility index (Phi) is 8.49. The van der Waals surface area contributed by atoms with E-state index in [4.69, 9.17) is 0 Å². The average Bonchev–Trinajstić information content (AvgIpc) is 2.89. The maximum atomic E-state index is 14.4. The van der Waals surface area contributed by atoms with Crippen LogP contribution >= 0.6 is 22.9 Å². The number of alkyl halides is 10. The lowest BCUT2D eigenvalue weighted by molar-refractivity contribution is -0.348. The van der Waals surface area contributed by atoms with Crippen LogP contribution in [-0.4, -0.2) is 31.2 Å². The summed E-state index contributed by atoms with van der Waals surface area (Å²) in [5.74, 6) is -1.66. The Bertz CT molecular complexity index is 1390. The van der Waals surface area contributed by atoms with Gasteiger partial charge >= 0.3 is 24.2 Å². The van der Waals surface area contributed by atoms with Crippen molar-refractivity contribution in [2.24, 2.45) is 0 Å². The largest absolute Gasteiger partial charge is 0.435 e. The standard InChI is InChI=1S/C25H15F10IN2O2/c1-37(20(39)14-6-3-2-4-7-14)17-9-5-8-15(12-17)21(40)38(36)19-11-10-16(13-18(19)23(27,28)29)22(26,24(30,31)32)25(33,34)35/h2-13H,1H3. The molecule has 3 aromatic rings. The molecule has 0 aliphatic rings. The molecule has 0 fully saturated rings. The summed E-state index contributed by atoms with van der Waals surface area (Å²) in [5.41, 5.74) is -11.6. The predicted molar refractivity (Wildman–Crippen MR) is 133 cm³/mol. The minimum absolute atomic E-state index is 0.118. The van der Waals surface area contributed by atoms with E-state index in [-0.39, 0.29) is 28.9 Å². The van der Waals surface area contributed by atoms with E-state index in [0.717, 1.165) is 33.8 Å². The fourth-order valence-electron chi connectivity index (χ4n) is 3.60. The number of anilines is 2. The summed E-state index contributed by atoms with van der Waals surface area (Å²) in [4.78, 5) is 26.9. The van der Waals surface area contributed by atoms with Gasteiger partial charge in [-0.1, -0.05) is 30.3 Å². The van der Waals surface area contributed by atoms with Crippen molar-refractivity contribution >= 4 is 46.1 Å². The van der Waals surface area contributed by atoms with Crippen LogP contribution in [0.1, 0.15) is 31.8 Å². The summed E-state index contributed by atoms with van der Waals surface area (Å²) in [6.45, 7) is 0. The molecule has 0 radical (unpaired) electrons. The van der Waals surface area contributed by atoms with Gasteiger partial charge in [0.25, 0.3) is 11.8 Å². The van der Waals surface area contributed by atoms with E-state index in [2.05, 4.69) is 0 Å². The normalized spacial score (nSPS) is 12.7. The zero-order chi connectivity index (χ0) is 30.3. The molecule has 0 unspecified atom stereocenters. The zero-order valence-corrected chi connectivity index (χ0v) is 22.0. The highest BCUT2D eigenvalue weighted by Gasteiger charge is 2.73. The van der Waals surface area contributed by atoms with Crippen molar-refractivity contribution in [3.05, 3.63) is 95.1 Å². The molecule has 0 aliphatic heterocycles. The summed E-state index contributed by atoms with van der Waals surface area (Å²) in [5, 5.41) is 0. The van der Waals surface area contributed by atoms with Crippen LogP contribution in [-0.2, 0) is 11.8 Å². The van der Waals surface area contributed by atoms with Gasteiger partial charge in [-0.3, -0.25) is 9.59 Å². The molecule has 0 atom stereocenters. The second-order valence-electron chi connectivity index (χ2n) is 8.25. The third-order valence-corrected chi connectivity index (χ3v) is 6.63. The number of carbonyl (C=O) groups is 2. The quantitative estimate of drug-likeness (QED) is 0.154. The van der Waals surface area contributed by atoms with Gasteiger partial charge in [0.1, 0.15) is 0 Å². The predicted octanol–water partition coefficient (Wildman–Crippen LogP) is 8.27. The van der Waals surface area contributed by atoms with E-state index in [9.17, 15) is 53.5 Å². The number of hydrogen-bond donors (Lipinski definition) is 0. The first-order chi connectivity index (χ1) is 18.3. The molecule has 3 aromatic carbocycles. The molecule has 0 bridgehead atoms. The fraction of sp³-hybridized carbons (Fsp3) is 0.200. The molecular formula is C25H15F10IN2O2. The second kappa shape index (κ2) is 10.9. The molecule has 4 nitrogen and oxygen atoms in total. The van der Waals surface area contributed by atoms with Gasteiger partial charge in [-0.25, -0.2) is 7.50 Å². The summed E-state index contributed by atoms with van der Waals surface area (Å²) >= 11 is 1.08. The number of carbonyl (C=O) groups excluding carboxylic acids is 2. The van der Waals surface area contributed by atoms with Crippen LogP contribution < -0.4 is 8.01 Å². The Morgan fingerprint density at radius 3 is 1.75 bits per heavy atom. The van der Waals surface area contributed by atoms with Crippen molar-refractivity contribution in [2.75, 3.05) is 15.1 Å². The highest BCUT2D eigenvalue weighted by molar-refractivity contribution is 14.1. The number of hydrogen-bond acceptors (Lipinski definition) is 2. The molecule has 40 heavy (non-hydrogen) atoms. The monoisotopic (exact) mass is 692 g/mol. The van der Waals surface area contributed by atoms with Crippen LogP contribution in [0.4, 0.5) is 55.3 Å². The summed E-state index contributed by atoms with van der Waals surface area (Å²) in [6.07, 6.45) is -18.9. The third kappa shape index (κ3) is 5.88. The number of amides is 2. The average molecular weight is 692 g/mol. The molecular weight excluding hydrogens is 677 g/mol. The summed E-state index contributed by atoms with van der Waals surface area (Å²) in [6, 6.07) is 12.4. The Labute approximate surface area is 233 Å². The van der Waals surface area contributed by atoms with Crippen molar-refractivity contribution < 1.29 is 53.5 Å². The zero-order valence-electron chi connectivity index (χ0n) is 19.8. The van der Waals surface area contributed by atoms with Crippen LogP contribution in [0.25, 0.3) is 0 Å². The van der Waals surface area contributed by atoms with E-state index in [1.165, 1.54) is 37.4 Å². The van der Waals surface area contributed by atoms with Crippen molar-refractivity contribution in [3.63, 3.8) is 0 Å². The van der Waals surface area contributed by atoms with Gasteiger partial charge in [-0.15, -0.1) is 0 Å². The smallest absolute Gasteiger partial charge is 0.311 e. The summed E-state index contributed by atoms with van der Waals surface area (Å²) in [7, 11) is 1.37. The van der Waals surface area contributed by atoms with Crippen LogP contribution in [0.5, 0.6) is 0 Å². The molecule has 15 heteroatoms. The molecule has 2 amide bonds. The highest BCUT2D eigenvalue weighted by atomic mass is 127. The van der Waals surface area contributed by atoms with Crippen molar-refractivity contribution in [3.8, 4) is 0 Å². The molecule has 0 aliphatic carbocycles. The van der Waals surface area contributed by atoms with Gasteiger partial charge in [-0.2, -0.15) is 39.5 Å². The van der Waals surface area contributed by atoms with Crippen molar-refractivity contribution in [1.82, 2.24) is 0 Å². The molecule has 0 saturated carbocycles. The summed E-state index contributed by atoms with van der Waals surface area (Å²) < 4.78 is 135. The molecule has 3 rings (SSSR count). The first-order valence-corrected chi connectivity index (χ1v) is 11.7. The molecule has 0 spiro atoms. The maximum Gasteiger partial charge on any atom is 0.435 e. The minimum atomic E-state index is -6.64. The first-order valence-electron chi connectivity index (χ1n) is 10.8. The Morgan fingerprint density at radius 1 is 0.675 bits per heavy atom. The van der Waals surface area contributed by atoms with E-state index in [0.29, 0.717) is 3.11 Å². The van der Waals surface area contributed by atoms with Gasteiger partial charge in [-0.05, 0) is 42.5 Å².